The first kappa shape index (κ1) is 19.1. The summed E-state index contributed by atoms with van der Waals surface area (Å²) in [5, 5.41) is 6.74. The number of hydrogen-bond donors (Lipinski definition) is 2. The van der Waals surface area contributed by atoms with Gasteiger partial charge in [0.05, 0.1) is 0 Å². The van der Waals surface area contributed by atoms with Crippen LogP contribution >= 0.6 is 24.0 Å². The van der Waals surface area contributed by atoms with Gasteiger partial charge in [-0.1, -0.05) is 6.07 Å². The highest BCUT2D eigenvalue weighted by molar-refractivity contribution is 14.0. The molecule has 1 aromatic carbocycles. The van der Waals surface area contributed by atoms with Gasteiger partial charge in [-0.25, -0.2) is 0 Å². The number of rotatable bonds is 6. The van der Waals surface area contributed by atoms with Crippen molar-refractivity contribution in [1.29, 1.82) is 0 Å². The molecule has 0 aromatic heterocycles. The molecule has 0 saturated heterocycles. The molecule has 1 heterocycles. The van der Waals surface area contributed by atoms with Crippen molar-refractivity contribution >= 4 is 29.9 Å². The standard InChI is InChI=1S/C17H26N4O2.HI/c1-12(21(3)14-5-6-14)9-19-17(18-2)20-10-13-4-7-15-16(8-13)23-11-22-15;/h4,7-8,12,14H,5-6,9-11H2,1-3H3,(H2,18,19,20);1H. The molecule has 134 valence electrons. The number of nitrogens with one attached hydrogen (secondary N) is 2. The van der Waals surface area contributed by atoms with Crippen molar-refractivity contribution in [3.05, 3.63) is 23.8 Å². The minimum Gasteiger partial charge on any atom is -0.454 e. The van der Waals surface area contributed by atoms with Gasteiger partial charge in [0.15, 0.2) is 17.5 Å². The van der Waals surface area contributed by atoms with E-state index in [-0.39, 0.29) is 24.0 Å². The van der Waals surface area contributed by atoms with Crippen LogP contribution in [0.1, 0.15) is 25.3 Å². The van der Waals surface area contributed by atoms with Crippen molar-refractivity contribution < 1.29 is 9.47 Å². The van der Waals surface area contributed by atoms with E-state index in [2.05, 4.69) is 34.5 Å². The summed E-state index contributed by atoms with van der Waals surface area (Å²) in [6, 6.07) is 7.26. The lowest BCUT2D eigenvalue weighted by atomic mass is 10.2. The Hall–Kier alpha value is -1.22. The summed E-state index contributed by atoms with van der Waals surface area (Å²) >= 11 is 0. The first-order valence-corrected chi connectivity index (χ1v) is 8.22. The molecule has 0 bridgehead atoms. The minimum atomic E-state index is 0. The highest BCUT2D eigenvalue weighted by Gasteiger charge is 2.28. The monoisotopic (exact) mass is 446 g/mol. The highest BCUT2D eigenvalue weighted by atomic mass is 127. The van der Waals surface area contributed by atoms with Gasteiger partial charge in [0.2, 0.25) is 6.79 Å². The van der Waals surface area contributed by atoms with E-state index in [0.29, 0.717) is 19.4 Å². The molecule has 1 aliphatic heterocycles. The molecule has 2 aliphatic rings. The molecule has 1 aromatic rings. The average Bonchev–Trinajstić information content (AvgIpc) is 3.31. The topological polar surface area (TPSA) is 58.1 Å². The largest absolute Gasteiger partial charge is 0.454 e. The van der Waals surface area contributed by atoms with Crippen molar-refractivity contribution in [2.45, 2.75) is 38.4 Å². The maximum absolute atomic E-state index is 5.40. The van der Waals surface area contributed by atoms with E-state index in [1.165, 1.54) is 12.8 Å². The molecular weight excluding hydrogens is 419 g/mol. The van der Waals surface area contributed by atoms with Crippen LogP contribution in [0.4, 0.5) is 0 Å². The summed E-state index contributed by atoms with van der Waals surface area (Å²) in [5.41, 5.74) is 1.14. The molecule has 0 amide bonds. The first-order chi connectivity index (χ1) is 11.2. The molecule has 1 unspecified atom stereocenters. The lowest BCUT2D eigenvalue weighted by Gasteiger charge is -2.25. The van der Waals surface area contributed by atoms with Crippen molar-refractivity contribution in [1.82, 2.24) is 15.5 Å². The predicted octanol–water partition coefficient (Wildman–Crippen LogP) is 2.18. The Morgan fingerprint density at radius 1 is 1.29 bits per heavy atom. The smallest absolute Gasteiger partial charge is 0.231 e. The quantitative estimate of drug-likeness (QED) is 0.399. The van der Waals surface area contributed by atoms with Gasteiger partial charge < -0.3 is 20.1 Å². The van der Waals surface area contributed by atoms with E-state index in [9.17, 15) is 0 Å². The van der Waals surface area contributed by atoms with Crippen molar-refractivity contribution in [2.75, 3.05) is 27.4 Å². The van der Waals surface area contributed by atoms with Gasteiger partial charge in [0.25, 0.3) is 0 Å². The molecule has 6 nitrogen and oxygen atoms in total. The Labute approximate surface area is 161 Å². The molecular formula is C17H27IN4O2. The lowest BCUT2D eigenvalue weighted by molar-refractivity contribution is 0.174. The van der Waals surface area contributed by atoms with Crippen LogP contribution in [0, 0.1) is 0 Å². The van der Waals surface area contributed by atoms with Gasteiger partial charge in [-0.05, 0) is 44.5 Å². The first-order valence-electron chi connectivity index (χ1n) is 8.22. The molecule has 1 fully saturated rings. The number of hydrogen-bond acceptors (Lipinski definition) is 4. The summed E-state index contributed by atoms with van der Waals surface area (Å²) in [7, 11) is 4.00. The summed E-state index contributed by atoms with van der Waals surface area (Å²) in [6.07, 6.45) is 2.66. The van der Waals surface area contributed by atoms with Crippen LogP contribution < -0.4 is 20.1 Å². The normalized spacial score (nSPS) is 17.4. The Morgan fingerprint density at radius 3 is 2.75 bits per heavy atom. The molecule has 3 rings (SSSR count). The van der Waals surface area contributed by atoms with E-state index in [1.807, 2.05) is 18.2 Å². The van der Waals surface area contributed by atoms with Gasteiger partial charge in [-0.15, -0.1) is 24.0 Å². The molecule has 1 atom stereocenters. The average molecular weight is 446 g/mol. The number of guanidine groups is 1. The van der Waals surface area contributed by atoms with E-state index in [4.69, 9.17) is 9.47 Å². The fourth-order valence-corrected chi connectivity index (χ4v) is 2.69. The number of benzene rings is 1. The second kappa shape index (κ2) is 8.75. The SMILES string of the molecule is CN=C(NCc1ccc2c(c1)OCO2)NCC(C)N(C)C1CC1.I. The number of nitrogens with zero attached hydrogens (tertiary/aromatic N) is 2. The van der Waals surface area contributed by atoms with Crippen molar-refractivity contribution in [3.63, 3.8) is 0 Å². The number of halogens is 1. The van der Waals surface area contributed by atoms with Crippen LogP contribution in [0.3, 0.4) is 0 Å². The van der Waals surface area contributed by atoms with E-state index in [1.54, 1.807) is 7.05 Å². The zero-order valence-corrected chi connectivity index (χ0v) is 16.9. The van der Waals surface area contributed by atoms with E-state index >= 15 is 0 Å². The second-order valence-corrected chi connectivity index (χ2v) is 6.24. The summed E-state index contributed by atoms with van der Waals surface area (Å²) < 4.78 is 10.7. The Balaban J connectivity index is 0.00000208. The Bertz CT molecular complexity index is 578. The fraction of sp³-hybridized carbons (Fsp3) is 0.588. The van der Waals surface area contributed by atoms with Gasteiger partial charge >= 0.3 is 0 Å². The van der Waals surface area contributed by atoms with Crippen LogP contribution in [-0.4, -0.2) is 50.4 Å². The van der Waals surface area contributed by atoms with Crippen molar-refractivity contribution in [3.8, 4) is 11.5 Å². The predicted molar refractivity (Wildman–Crippen MR) is 106 cm³/mol. The van der Waals surface area contributed by atoms with Crippen LogP contribution in [0.5, 0.6) is 11.5 Å². The fourth-order valence-electron chi connectivity index (χ4n) is 2.69. The van der Waals surface area contributed by atoms with Crippen LogP contribution in [0.25, 0.3) is 0 Å². The van der Waals surface area contributed by atoms with Gasteiger partial charge in [-0.3, -0.25) is 9.89 Å². The molecule has 24 heavy (non-hydrogen) atoms. The number of ether oxygens (including phenoxy) is 2. The number of likely N-dealkylation sites (N-methyl/N-ethyl adjacent to an activating group) is 1. The number of fused-ring (bicyclic) bond motifs is 1. The zero-order chi connectivity index (χ0) is 16.2. The maximum atomic E-state index is 5.40. The molecule has 1 saturated carbocycles. The molecule has 2 N–H and O–H groups in total. The molecule has 1 aliphatic carbocycles. The number of aliphatic imine (C=N–C) groups is 1. The third kappa shape index (κ3) is 4.89. The van der Waals surface area contributed by atoms with E-state index < -0.39 is 0 Å². The van der Waals surface area contributed by atoms with Crippen LogP contribution in [-0.2, 0) is 6.54 Å². The van der Waals surface area contributed by atoms with E-state index in [0.717, 1.165) is 35.6 Å². The van der Waals surface area contributed by atoms with Crippen LogP contribution in [0.15, 0.2) is 23.2 Å². The van der Waals surface area contributed by atoms with Crippen LogP contribution in [0.2, 0.25) is 0 Å². The maximum Gasteiger partial charge on any atom is 0.231 e. The lowest BCUT2D eigenvalue weighted by Crippen LogP contribution is -2.45. The zero-order valence-electron chi connectivity index (χ0n) is 14.5. The third-order valence-corrected chi connectivity index (χ3v) is 4.50. The summed E-state index contributed by atoms with van der Waals surface area (Å²) in [6.45, 7) is 4.13. The van der Waals surface area contributed by atoms with Gasteiger partial charge in [-0.2, -0.15) is 0 Å². The summed E-state index contributed by atoms with van der Waals surface area (Å²) in [4.78, 5) is 6.73. The van der Waals surface area contributed by atoms with Gasteiger partial charge in [0, 0.05) is 32.2 Å². The second-order valence-electron chi connectivity index (χ2n) is 6.24. The Kier molecular flexibility index (Phi) is 6.97. The Morgan fingerprint density at radius 2 is 2.04 bits per heavy atom. The summed E-state index contributed by atoms with van der Waals surface area (Å²) in [5.74, 6) is 2.44. The third-order valence-electron chi connectivity index (χ3n) is 4.50. The highest BCUT2D eigenvalue weighted by Crippen LogP contribution is 2.32. The molecule has 0 spiro atoms. The van der Waals surface area contributed by atoms with Gasteiger partial charge in [0.1, 0.15) is 0 Å². The molecule has 7 heteroatoms. The van der Waals surface area contributed by atoms with Crippen molar-refractivity contribution in [2.24, 2.45) is 4.99 Å². The minimum absolute atomic E-state index is 0. The molecule has 0 radical (unpaired) electrons.